The number of carbonyl (C=O) groups is 1. The number of halogens is 1. The van der Waals surface area contributed by atoms with E-state index in [9.17, 15) is 4.79 Å². The van der Waals surface area contributed by atoms with Gasteiger partial charge in [0.25, 0.3) is 0 Å². The molecule has 6 heteroatoms. The zero-order valence-corrected chi connectivity index (χ0v) is 21.6. The third-order valence-corrected chi connectivity index (χ3v) is 10.4. The summed E-state index contributed by atoms with van der Waals surface area (Å²) in [4.78, 5) is 11.1. The predicted molar refractivity (Wildman–Crippen MR) is 128 cm³/mol. The fourth-order valence-corrected chi connectivity index (χ4v) is 4.29. The third-order valence-electron chi connectivity index (χ3n) is 5.50. The van der Waals surface area contributed by atoms with E-state index in [1.807, 2.05) is 49.4 Å². The van der Waals surface area contributed by atoms with Crippen LogP contribution in [0.25, 0.3) is 0 Å². The number of ether oxygens (including phenoxy) is 2. The fraction of sp³-hybridized carbons (Fsp3) is 0.458. The number of aldehydes is 1. The molecule has 2 aromatic carbocycles. The van der Waals surface area contributed by atoms with E-state index in [0.29, 0.717) is 12.4 Å². The van der Waals surface area contributed by atoms with Crippen LogP contribution >= 0.6 is 15.9 Å². The van der Waals surface area contributed by atoms with Gasteiger partial charge in [-0.1, -0.05) is 51.1 Å². The second kappa shape index (κ2) is 10.1. The van der Waals surface area contributed by atoms with Crippen molar-refractivity contribution in [3.05, 3.63) is 58.1 Å². The van der Waals surface area contributed by atoms with Gasteiger partial charge in [-0.2, -0.15) is 0 Å². The van der Waals surface area contributed by atoms with E-state index in [0.717, 1.165) is 27.6 Å². The van der Waals surface area contributed by atoms with Crippen LogP contribution in [0.1, 0.15) is 51.8 Å². The van der Waals surface area contributed by atoms with Crippen molar-refractivity contribution in [1.82, 2.24) is 0 Å². The topological polar surface area (TPSA) is 44.8 Å². The van der Waals surface area contributed by atoms with E-state index in [2.05, 4.69) is 49.8 Å². The van der Waals surface area contributed by atoms with Crippen molar-refractivity contribution < 1.29 is 18.7 Å². The quantitative estimate of drug-likeness (QED) is 0.277. The molecule has 2 atom stereocenters. The molecule has 0 unspecified atom stereocenters. The van der Waals surface area contributed by atoms with Crippen molar-refractivity contribution in [1.29, 1.82) is 0 Å². The Balaban J connectivity index is 2.40. The van der Waals surface area contributed by atoms with Crippen LogP contribution in [0.5, 0.6) is 11.5 Å². The predicted octanol–water partition coefficient (Wildman–Crippen LogP) is 7.08. The second-order valence-corrected chi connectivity index (χ2v) is 14.7. The minimum Gasteiger partial charge on any atom is -0.543 e. The third kappa shape index (κ3) is 6.43. The van der Waals surface area contributed by atoms with Gasteiger partial charge in [-0.05, 0) is 65.6 Å². The monoisotopic (exact) mass is 492 g/mol. The molecule has 0 radical (unpaired) electrons. The van der Waals surface area contributed by atoms with Crippen LogP contribution < -0.4 is 9.16 Å². The van der Waals surface area contributed by atoms with Crippen LogP contribution in [0.3, 0.4) is 0 Å². The van der Waals surface area contributed by atoms with Gasteiger partial charge in [-0.15, -0.1) is 0 Å². The number of carbonyl (C=O) groups excluding carboxylic acids is 1. The smallest absolute Gasteiger partial charge is 0.250 e. The first-order chi connectivity index (χ1) is 13.9. The SMILES string of the molecule is C[C@@H](C=O)O[C@H](C)c1cc(O[Si](C)(C)C(C)(C)C)cc(Br)c1OCc1ccccc1. The van der Waals surface area contributed by atoms with Gasteiger partial charge in [0, 0.05) is 5.56 Å². The van der Waals surface area contributed by atoms with Crippen molar-refractivity contribution >= 4 is 30.5 Å². The Labute approximate surface area is 190 Å². The standard InChI is InChI=1S/C24H33BrO4Si/c1-17(15-26)28-18(2)21-13-20(29-30(6,7)24(3,4)5)14-22(25)23(21)27-16-19-11-9-8-10-12-19/h8-15,17-18H,16H2,1-7H3/t17-,18+/m0/s1. The van der Waals surface area contributed by atoms with Crippen molar-refractivity contribution in [3.8, 4) is 11.5 Å². The van der Waals surface area contributed by atoms with Gasteiger partial charge in [0.2, 0.25) is 8.32 Å². The number of benzene rings is 2. The Kier molecular flexibility index (Phi) is 8.31. The summed E-state index contributed by atoms with van der Waals surface area (Å²) < 4.78 is 19.4. The van der Waals surface area contributed by atoms with E-state index >= 15 is 0 Å². The van der Waals surface area contributed by atoms with Crippen LogP contribution in [0.2, 0.25) is 18.1 Å². The average molecular weight is 494 g/mol. The zero-order valence-electron chi connectivity index (χ0n) is 19.0. The van der Waals surface area contributed by atoms with Crippen LogP contribution in [-0.4, -0.2) is 20.7 Å². The van der Waals surface area contributed by atoms with E-state index in [4.69, 9.17) is 13.9 Å². The fourth-order valence-electron chi connectivity index (χ4n) is 2.71. The highest BCUT2D eigenvalue weighted by molar-refractivity contribution is 9.10. The molecule has 164 valence electrons. The number of hydrogen-bond donors (Lipinski definition) is 0. The molecule has 0 N–H and O–H groups in total. The summed E-state index contributed by atoms with van der Waals surface area (Å²) in [6, 6.07) is 13.9. The molecular weight excluding hydrogens is 460 g/mol. The van der Waals surface area contributed by atoms with E-state index in [1.54, 1.807) is 6.92 Å². The lowest BCUT2D eigenvalue weighted by atomic mass is 10.1. The Hall–Kier alpha value is -1.63. The normalized spacial score (nSPS) is 14.1. The van der Waals surface area contributed by atoms with Gasteiger partial charge in [0.15, 0.2) is 0 Å². The molecule has 30 heavy (non-hydrogen) atoms. The molecule has 4 nitrogen and oxygen atoms in total. The summed E-state index contributed by atoms with van der Waals surface area (Å²) in [7, 11) is -2.01. The Morgan fingerprint density at radius 2 is 1.73 bits per heavy atom. The van der Waals surface area contributed by atoms with E-state index in [1.165, 1.54) is 0 Å². The lowest BCUT2D eigenvalue weighted by Crippen LogP contribution is -2.43. The summed E-state index contributed by atoms with van der Waals surface area (Å²) in [6.07, 6.45) is -0.0487. The van der Waals surface area contributed by atoms with Crippen LogP contribution in [0.15, 0.2) is 46.9 Å². The molecule has 0 aliphatic heterocycles. The highest BCUT2D eigenvalue weighted by atomic mass is 79.9. The molecule has 0 amide bonds. The summed E-state index contributed by atoms with van der Waals surface area (Å²) in [5.41, 5.74) is 1.93. The number of rotatable bonds is 9. The molecule has 0 aliphatic rings. The molecule has 2 rings (SSSR count). The molecular formula is C24H33BrO4Si. The highest BCUT2D eigenvalue weighted by Gasteiger charge is 2.39. The van der Waals surface area contributed by atoms with Gasteiger partial charge >= 0.3 is 0 Å². The molecule has 2 aromatic rings. The maximum atomic E-state index is 11.1. The molecule has 0 fully saturated rings. The molecule has 0 saturated heterocycles. The first-order valence-corrected chi connectivity index (χ1v) is 13.9. The maximum Gasteiger partial charge on any atom is 0.250 e. The minimum atomic E-state index is -2.01. The van der Waals surface area contributed by atoms with E-state index < -0.39 is 14.4 Å². The summed E-state index contributed by atoms with van der Waals surface area (Å²) in [5.74, 6) is 1.48. The lowest BCUT2D eigenvalue weighted by molar-refractivity contribution is -0.120. The van der Waals surface area contributed by atoms with Crippen LogP contribution in [0, 0.1) is 0 Å². The molecule has 0 bridgehead atoms. The largest absolute Gasteiger partial charge is 0.543 e. The van der Waals surface area contributed by atoms with Crippen molar-refractivity contribution in [3.63, 3.8) is 0 Å². The number of hydrogen-bond acceptors (Lipinski definition) is 4. The molecule has 0 saturated carbocycles. The maximum absolute atomic E-state index is 11.1. The highest BCUT2D eigenvalue weighted by Crippen LogP contribution is 2.42. The molecule has 0 aromatic heterocycles. The van der Waals surface area contributed by atoms with E-state index in [-0.39, 0.29) is 11.1 Å². The van der Waals surface area contributed by atoms with Crippen molar-refractivity contribution in [2.45, 2.75) is 71.6 Å². The first-order valence-electron chi connectivity index (χ1n) is 10.2. The Bertz CT molecular complexity index is 846. The summed E-state index contributed by atoms with van der Waals surface area (Å²) in [5, 5.41) is 0.0796. The van der Waals surface area contributed by atoms with Gasteiger partial charge < -0.3 is 18.7 Å². The average Bonchev–Trinajstić information content (AvgIpc) is 2.66. The van der Waals surface area contributed by atoms with Crippen LogP contribution in [-0.2, 0) is 16.1 Å². The molecule has 0 heterocycles. The summed E-state index contributed by atoms with van der Waals surface area (Å²) >= 11 is 3.67. The lowest BCUT2D eigenvalue weighted by Gasteiger charge is -2.36. The van der Waals surface area contributed by atoms with Crippen molar-refractivity contribution in [2.24, 2.45) is 0 Å². The summed E-state index contributed by atoms with van der Waals surface area (Å²) in [6.45, 7) is 15.2. The Morgan fingerprint density at radius 3 is 2.30 bits per heavy atom. The second-order valence-electron chi connectivity index (χ2n) is 9.08. The Morgan fingerprint density at radius 1 is 1.10 bits per heavy atom. The van der Waals surface area contributed by atoms with Crippen molar-refractivity contribution in [2.75, 3.05) is 0 Å². The van der Waals surface area contributed by atoms with Crippen LogP contribution in [0.4, 0.5) is 0 Å². The van der Waals surface area contributed by atoms with Gasteiger partial charge in [0.05, 0.1) is 10.6 Å². The molecule has 0 aliphatic carbocycles. The zero-order chi connectivity index (χ0) is 22.5. The molecule has 0 spiro atoms. The first kappa shape index (κ1) is 24.6. The van der Waals surface area contributed by atoms with Gasteiger partial charge in [-0.3, -0.25) is 0 Å². The van der Waals surface area contributed by atoms with Gasteiger partial charge in [-0.25, -0.2) is 0 Å². The van der Waals surface area contributed by atoms with Gasteiger partial charge in [0.1, 0.15) is 30.5 Å². The minimum absolute atomic E-state index is 0.0796.